The van der Waals surface area contributed by atoms with Crippen LogP contribution in [0.25, 0.3) is 0 Å². The van der Waals surface area contributed by atoms with Crippen LogP contribution in [0.4, 0.5) is 10.2 Å². The molecule has 138 valence electrons. The zero-order valence-electron chi connectivity index (χ0n) is 15.0. The summed E-state index contributed by atoms with van der Waals surface area (Å²) in [6.45, 7) is 2.42. The van der Waals surface area contributed by atoms with Gasteiger partial charge in [-0.3, -0.25) is 4.79 Å². The molecule has 0 aliphatic rings. The molecule has 0 saturated carbocycles. The van der Waals surface area contributed by atoms with Gasteiger partial charge in [0.15, 0.2) is 0 Å². The monoisotopic (exact) mass is 364 g/mol. The summed E-state index contributed by atoms with van der Waals surface area (Å²) in [6, 6.07) is 17.8. The van der Waals surface area contributed by atoms with E-state index < -0.39 is 0 Å². The fourth-order valence-corrected chi connectivity index (χ4v) is 2.70. The van der Waals surface area contributed by atoms with Crippen molar-refractivity contribution < 1.29 is 9.18 Å². The van der Waals surface area contributed by atoms with Gasteiger partial charge in [-0.05, 0) is 30.5 Å². The van der Waals surface area contributed by atoms with E-state index in [1.807, 2.05) is 37.3 Å². The molecule has 0 saturated heterocycles. The van der Waals surface area contributed by atoms with Crippen molar-refractivity contribution in [2.24, 2.45) is 0 Å². The van der Waals surface area contributed by atoms with Crippen molar-refractivity contribution in [3.8, 4) is 0 Å². The Kier molecular flexibility index (Phi) is 6.10. The number of rotatable bonds is 7. The Morgan fingerprint density at radius 1 is 1.07 bits per heavy atom. The van der Waals surface area contributed by atoms with Crippen LogP contribution in [0.15, 0.2) is 67.0 Å². The molecule has 27 heavy (non-hydrogen) atoms. The third-order valence-corrected chi connectivity index (χ3v) is 4.21. The number of aromatic nitrogens is 2. The summed E-state index contributed by atoms with van der Waals surface area (Å²) in [5.74, 6) is 0.0294. The lowest BCUT2D eigenvalue weighted by atomic mass is 10.1. The van der Waals surface area contributed by atoms with Gasteiger partial charge in [0.25, 0.3) is 5.91 Å². The first kappa shape index (κ1) is 18.5. The predicted molar refractivity (Wildman–Crippen MR) is 103 cm³/mol. The maximum atomic E-state index is 13.6. The van der Waals surface area contributed by atoms with Gasteiger partial charge in [-0.15, -0.1) is 0 Å². The van der Waals surface area contributed by atoms with Crippen molar-refractivity contribution in [1.29, 1.82) is 0 Å². The Hall–Kier alpha value is -3.28. The Bertz CT molecular complexity index is 901. The molecule has 0 aliphatic carbocycles. The molecule has 1 heterocycles. The lowest BCUT2D eigenvalue weighted by Crippen LogP contribution is -2.27. The number of carbonyl (C=O) groups excluding carboxylic acids is 1. The van der Waals surface area contributed by atoms with Gasteiger partial charge in [-0.2, -0.15) is 0 Å². The number of nitrogens with zero attached hydrogens (tertiary/aromatic N) is 2. The zero-order chi connectivity index (χ0) is 19.1. The second-order valence-electron chi connectivity index (χ2n) is 6.16. The van der Waals surface area contributed by atoms with Crippen LogP contribution in [0.1, 0.15) is 34.6 Å². The standard InChI is InChI=1S/C21H21FN4O/c1-15(16-7-3-2-4-8-16)26-21(27)19-13-20(25-14-24-19)23-12-11-17-9-5-6-10-18(17)22/h2-10,13-15H,11-12H2,1H3,(H,26,27)(H,23,24,25). The highest BCUT2D eigenvalue weighted by molar-refractivity contribution is 5.93. The average molecular weight is 364 g/mol. The number of hydrogen-bond donors (Lipinski definition) is 2. The SMILES string of the molecule is CC(NC(=O)c1cc(NCCc2ccccc2F)ncn1)c1ccccc1. The number of nitrogens with one attached hydrogen (secondary N) is 2. The van der Waals surface area contributed by atoms with E-state index in [1.165, 1.54) is 12.4 Å². The molecule has 2 aromatic carbocycles. The lowest BCUT2D eigenvalue weighted by molar-refractivity contribution is 0.0934. The van der Waals surface area contributed by atoms with E-state index in [4.69, 9.17) is 0 Å². The molecule has 1 unspecified atom stereocenters. The van der Waals surface area contributed by atoms with Crippen LogP contribution in [-0.4, -0.2) is 22.4 Å². The first-order valence-corrected chi connectivity index (χ1v) is 8.78. The Morgan fingerprint density at radius 3 is 2.59 bits per heavy atom. The quantitative estimate of drug-likeness (QED) is 0.670. The molecule has 2 N–H and O–H groups in total. The Balaban J connectivity index is 1.58. The van der Waals surface area contributed by atoms with Crippen LogP contribution in [0.2, 0.25) is 0 Å². The molecule has 6 heteroatoms. The van der Waals surface area contributed by atoms with E-state index >= 15 is 0 Å². The van der Waals surface area contributed by atoms with Crippen LogP contribution in [-0.2, 0) is 6.42 Å². The summed E-state index contributed by atoms with van der Waals surface area (Å²) in [6.07, 6.45) is 1.86. The Morgan fingerprint density at radius 2 is 1.81 bits per heavy atom. The summed E-state index contributed by atoms with van der Waals surface area (Å²) >= 11 is 0. The number of amides is 1. The third-order valence-electron chi connectivity index (χ3n) is 4.21. The Labute approximate surface area is 157 Å². The summed E-state index contributed by atoms with van der Waals surface area (Å²) < 4.78 is 13.6. The van der Waals surface area contributed by atoms with Gasteiger partial charge >= 0.3 is 0 Å². The minimum Gasteiger partial charge on any atom is -0.370 e. The molecule has 5 nitrogen and oxygen atoms in total. The predicted octanol–water partition coefficient (Wildman–Crippen LogP) is 3.76. The van der Waals surface area contributed by atoms with Crippen LogP contribution in [0.5, 0.6) is 0 Å². The number of hydrogen-bond acceptors (Lipinski definition) is 4. The first-order chi connectivity index (χ1) is 13.1. The number of anilines is 1. The maximum absolute atomic E-state index is 13.6. The molecule has 0 fully saturated rings. The minimum atomic E-state index is -0.272. The minimum absolute atomic E-state index is 0.133. The molecular weight excluding hydrogens is 343 g/mol. The fraction of sp³-hybridized carbons (Fsp3) is 0.190. The maximum Gasteiger partial charge on any atom is 0.270 e. The van der Waals surface area contributed by atoms with Gasteiger partial charge < -0.3 is 10.6 Å². The number of carbonyl (C=O) groups is 1. The molecular formula is C21H21FN4O. The van der Waals surface area contributed by atoms with Gasteiger partial charge in [-0.25, -0.2) is 14.4 Å². The summed E-state index contributed by atoms with van der Waals surface area (Å²) in [4.78, 5) is 20.6. The van der Waals surface area contributed by atoms with Crippen molar-refractivity contribution in [2.45, 2.75) is 19.4 Å². The van der Waals surface area contributed by atoms with E-state index in [9.17, 15) is 9.18 Å². The summed E-state index contributed by atoms with van der Waals surface area (Å²) in [5.41, 5.74) is 1.93. The molecule has 3 aromatic rings. The van der Waals surface area contributed by atoms with Gasteiger partial charge in [0.05, 0.1) is 6.04 Å². The molecule has 3 rings (SSSR count). The molecule has 0 spiro atoms. The van der Waals surface area contributed by atoms with Gasteiger partial charge in [0.1, 0.15) is 23.7 Å². The smallest absolute Gasteiger partial charge is 0.270 e. The molecule has 0 aliphatic heterocycles. The molecule has 1 aromatic heterocycles. The number of halogens is 1. The van der Waals surface area contributed by atoms with E-state index in [0.717, 1.165) is 5.56 Å². The number of benzene rings is 2. The van der Waals surface area contributed by atoms with Gasteiger partial charge in [0, 0.05) is 12.6 Å². The van der Waals surface area contributed by atoms with Crippen molar-refractivity contribution in [3.63, 3.8) is 0 Å². The highest BCUT2D eigenvalue weighted by Crippen LogP contribution is 2.13. The molecule has 1 atom stereocenters. The third kappa shape index (κ3) is 5.10. The second-order valence-corrected chi connectivity index (χ2v) is 6.16. The highest BCUT2D eigenvalue weighted by atomic mass is 19.1. The van der Waals surface area contributed by atoms with Crippen LogP contribution < -0.4 is 10.6 Å². The molecule has 1 amide bonds. The lowest BCUT2D eigenvalue weighted by Gasteiger charge is -2.14. The van der Waals surface area contributed by atoms with Crippen LogP contribution >= 0.6 is 0 Å². The second kappa shape index (κ2) is 8.89. The summed E-state index contributed by atoms with van der Waals surface area (Å²) in [5, 5.41) is 6.03. The normalized spacial score (nSPS) is 11.6. The van der Waals surface area contributed by atoms with Crippen LogP contribution in [0.3, 0.4) is 0 Å². The van der Waals surface area contributed by atoms with E-state index in [0.29, 0.717) is 24.3 Å². The largest absolute Gasteiger partial charge is 0.370 e. The van der Waals surface area contributed by atoms with Crippen LogP contribution in [0, 0.1) is 5.82 Å². The molecule has 0 radical (unpaired) electrons. The highest BCUT2D eigenvalue weighted by Gasteiger charge is 2.13. The van der Waals surface area contributed by atoms with Gasteiger partial charge in [-0.1, -0.05) is 48.5 Å². The van der Waals surface area contributed by atoms with Crippen molar-refractivity contribution in [2.75, 3.05) is 11.9 Å². The van der Waals surface area contributed by atoms with Crippen molar-refractivity contribution in [3.05, 3.63) is 89.6 Å². The topological polar surface area (TPSA) is 66.9 Å². The van der Waals surface area contributed by atoms with E-state index in [1.54, 1.807) is 24.3 Å². The first-order valence-electron chi connectivity index (χ1n) is 8.78. The summed E-state index contributed by atoms with van der Waals surface area (Å²) in [7, 11) is 0. The van der Waals surface area contributed by atoms with Crippen molar-refractivity contribution in [1.82, 2.24) is 15.3 Å². The van der Waals surface area contributed by atoms with E-state index in [-0.39, 0.29) is 23.5 Å². The van der Waals surface area contributed by atoms with Crippen molar-refractivity contribution >= 4 is 11.7 Å². The zero-order valence-corrected chi connectivity index (χ0v) is 15.0. The fourth-order valence-electron chi connectivity index (χ4n) is 2.70. The van der Waals surface area contributed by atoms with E-state index in [2.05, 4.69) is 20.6 Å². The molecule has 0 bridgehead atoms. The van der Waals surface area contributed by atoms with Gasteiger partial charge in [0.2, 0.25) is 0 Å². The average Bonchev–Trinajstić information content (AvgIpc) is 2.70.